The minimum atomic E-state index is -0.903. The molecule has 0 radical (unpaired) electrons. The molecule has 2 atom stereocenters. The van der Waals surface area contributed by atoms with Crippen molar-refractivity contribution in [2.24, 2.45) is 0 Å². The summed E-state index contributed by atoms with van der Waals surface area (Å²) in [6, 6.07) is 14.5. The van der Waals surface area contributed by atoms with Crippen molar-refractivity contribution in [3.05, 3.63) is 59.7 Å². The van der Waals surface area contributed by atoms with Crippen LogP contribution in [0.15, 0.2) is 48.5 Å². The zero-order valence-corrected chi connectivity index (χ0v) is 17.7. The monoisotopic (exact) mass is 422 g/mol. The summed E-state index contributed by atoms with van der Waals surface area (Å²) in [7, 11) is 0. The van der Waals surface area contributed by atoms with Gasteiger partial charge < -0.3 is 14.8 Å². The maximum atomic E-state index is 13.2. The third-order valence-electron chi connectivity index (χ3n) is 6.08. The number of rotatable bonds is 6. The Morgan fingerprint density at radius 3 is 2.52 bits per heavy atom. The first-order valence-corrected chi connectivity index (χ1v) is 10.5. The zero-order chi connectivity index (χ0) is 22.0. The van der Waals surface area contributed by atoms with Gasteiger partial charge in [-0.2, -0.15) is 0 Å². The molecular weight excluding hydrogens is 396 g/mol. The van der Waals surface area contributed by atoms with Crippen LogP contribution in [-0.4, -0.2) is 42.4 Å². The van der Waals surface area contributed by atoms with Crippen molar-refractivity contribution in [3.8, 4) is 11.5 Å². The molecular formula is C24H26N2O5. The molecule has 0 saturated carbocycles. The molecule has 2 heterocycles. The second-order valence-corrected chi connectivity index (χ2v) is 7.96. The van der Waals surface area contributed by atoms with Gasteiger partial charge in [0, 0.05) is 6.42 Å². The van der Waals surface area contributed by atoms with Crippen molar-refractivity contribution >= 4 is 17.7 Å². The normalized spacial score (nSPS) is 21.2. The molecule has 2 aliphatic rings. The van der Waals surface area contributed by atoms with E-state index in [1.54, 1.807) is 0 Å². The lowest BCUT2D eigenvalue weighted by Crippen LogP contribution is -2.44. The quantitative estimate of drug-likeness (QED) is 0.724. The Balaban J connectivity index is 1.45. The van der Waals surface area contributed by atoms with E-state index in [-0.39, 0.29) is 36.7 Å². The van der Waals surface area contributed by atoms with E-state index in [0.29, 0.717) is 31.1 Å². The van der Waals surface area contributed by atoms with Gasteiger partial charge in [-0.05, 0) is 36.6 Å². The zero-order valence-electron chi connectivity index (χ0n) is 17.7. The average molecular weight is 422 g/mol. The molecule has 162 valence electrons. The smallest absolute Gasteiger partial charge is 0.240 e. The Morgan fingerprint density at radius 2 is 1.81 bits per heavy atom. The average Bonchev–Trinajstić information content (AvgIpc) is 3.04. The van der Waals surface area contributed by atoms with Crippen LogP contribution in [-0.2, 0) is 19.8 Å². The van der Waals surface area contributed by atoms with Crippen molar-refractivity contribution in [2.75, 3.05) is 19.8 Å². The summed E-state index contributed by atoms with van der Waals surface area (Å²) in [5, 5.41) is 2.87. The number of nitrogens with zero attached hydrogens (tertiary/aromatic N) is 1. The van der Waals surface area contributed by atoms with E-state index in [1.807, 2.05) is 62.4 Å². The van der Waals surface area contributed by atoms with E-state index in [0.717, 1.165) is 16.0 Å². The van der Waals surface area contributed by atoms with Gasteiger partial charge in [0.2, 0.25) is 17.7 Å². The minimum absolute atomic E-state index is 0.0807. The summed E-state index contributed by atoms with van der Waals surface area (Å²) in [6.07, 6.45) is 0.574. The molecule has 31 heavy (non-hydrogen) atoms. The van der Waals surface area contributed by atoms with Gasteiger partial charge in [-0.1, -0.05) is 43.3 Å². The third-order valence-corrected chi connectivity index (χ3v) is 6.08. The molecule has 0 aromatic heterocycles. The van der Waals surface area contributed by atoms with Crippen LogP contribution in [0.25, 0.3) is 0 Å². The highest BCUT2D eigenvalue weighted by atomic mass is 16.6. The second-order valence-electron chi connectivity index (χ2n) is 7.96. The highest BCUT2D eigenvalue weighted by Crippen LogP contribution is 2.39. The summed E-state index contributed by atoms with van der Waals surface area (Å²) in [5.74, 6) is 0.305. The van der Waals surface area contributed by atoms with Gasteiger partial charge in [0.1, 0.15) is 19.8 Å². The van der Waals surface area contributed by atoms with Crippen LogP contribution in [0.5, 0.6) is 11.5 Å². The fraction of sp³-hybridized carbons (Fsp3) is 0.375. The van der Waals surface area contributed by atoms with E-state index < -0.39 is 5.41 Å². The molecule has 0 spiro atoms. The van der Waals surface area contributed by atoms with Gasteiger partial charge in [0.25, 0.3) is 0 Å². The molecule has 7 nitrogen and oxygen atoms in total. The topological polar surface area (TPSA) is 84.9 Å². The molecule has 1 N–H and O–H groups in total. The predicted molar refractivity (Wildman–Crippen MR) is 114 cm³/mol. The van der Waals surface area contributed by atoms with Gasteiger partial charge in [-0.3, -0.25) is 19.3 Å². The van der Waals surface area contributed by atoms with E-state index in [1.165, 1.54) is 0 Å². The van der Waals surface area contributed by atoms with Gasteiger partial charge in [-0.15, -0.1) is 0 Å². The van der Waals surface area contributed by atoms with Crippen molar-refractivity contribution in [3.63, 3.8) is 0 Å². The van der Waals surface area contributed by atoms with Crippen molar-refractivity contribution in [1.29, 1.82) is 0 Å². The van der Waals surface area contributed by atoms with E-state index in [9.17, 15) is 14.4 Å². The Morgan fingerprint density at radius 1 is 1.10 bits per heavy atom. The largest absolute Gasteiger partial charge is 0.486 e. The lowest BCUT2D eigenvalue weighted by Gasteiger charge is -2.26. The maximum Gasteiger partial charge on any atom is 0.240 e. The van der Waals surface area contributed by atoms with E-state index in [4.69, 9.17) is 9.47 Å². The predicted octanol–water partition coefficient (Wildman–Crippen LogP) is 2.74. The van der Waals surface area contributed by atoms with Crippen LogP contribution < -0.4 is 14.8 Å². The standard InChI is InChI=1S/C24H26N2O5/c1-3-24(18-7-5-4-6-8-18)14-22(28)26(23(24)29)15-21(27)25-16(2)17-9-10-19-20(13-17)31-12-11-30-19/h4-10,13,16H,3,11-12,14-15H2,1-2H3,(H,25,27). The number of amides is 3. The highest BCUT2D eigenvalue weighted by molar-refractivity contribution is 6.10. The van der Waals surface area contributed by atoms with Crippen molar-refractivity contribution < 1.29 is 23.9 Å². The van der Waals surface area contributed by atoms with E-state index >= 15 is 0 Å². The SMILES string of the molecule is CCC1(c2ccccc2)CC(=O)N(CC(=O)NC(C)c2ccc3c(c2)OCCO3)C1=O. The fourth-order valence-electron chi connectivity index (χ4n) is 4.27. The molecule has 0 aliphatic carbocycles. The number of imide groups is 1. The molecule has 1 fully saturated rings. The lowest BCUT2D eigenvalue weighted by atomic mass is 9.76. The summed E-state index contributed by atoms with van der Waals surface area (Å²) < 4.78 is 11.1. The molecule has 2 aromatic carbocycles. The van der Waals surface area contributed by atoms with Crippen molar-refractivity contribution in [1.82, 2.24) is 10.2 Å². The minimum Gasteiger partial charge on any atom is -0.486 e. The first-order valence-electron chi connectivity index (χ1n) is 10.5. The number of hydrogen-bond donors (Lipinski definition) is 1. The van der Waals surface area contributed by atoms with Crippen LogP contribution in [0.4, 0.5) is 0 Å². The third kappa shape index (κ3) is 3.87. The number of benzene rings is 2. The molecule has 7 heteroatoms. The summed E-state index contributed by atoms with van der Waals surface area (Å²) >= 11 is 0. The molecule has 2 unspecified atom stereocenters. The summed E-state index contributed by atoms with van der Waals surface area (Å²) in [6.45, 7) is 4.44. The molecule has 2 aromatic rings. The fourth-order valence-corrected chi connectivity index (χ4v) is 4.27. The van der Waals surface area contributed by atoms with Gasteiger partial charge in [-0.25, -0.2) is 0 Å². The number of carbonyl (C=O) groups is 3. The number of likely N-dealkylation sites (tertiary alicyclic amines) is 1. The number of nitrogens with one attached hydrogen (secondary N) is 1. The number of ether oxygens (including phenoxy) is 2. The molecule has 4 rings (SSSR count). The first-order chi connectivity index (χ1) is 14.9. The number of fused-ring (bicyclic) bond motifs is 1. The van der Waals surface area contributed by atoms with Gasteiger partial charge in [0.05, 0.1) is 11.5 Å². The molecule has 0 bridgehead atoms. The Hall–Kier alpha value is -3.35. The maximum absolute atomic E-state index is 13.2. The molecule has 1 saturated heterocycles. The Labute approximate surface area is 181 Å². The van der Waals surface area contributed by atoms with Gasteiger partial charge >= 0.3 is 0 Å². The molecule has 2 aliphatic heterocycles. The van der Waals surface area contributed by atoms with Crippen molar-refractivity contribution in [2.45, 2.75) is 38.1 Å². The van der Waals surface area contributed by atoms with Crippen LogP contribution in [0.3, 0.4) is 0 Å². The second kappa shape index (κ2) is 8.41. The van der Waals surface area contributed by atoms with Crippen LogP contribution in [0, 0.1) is 0 Å². The van der Waals surface area contributed by atoms with Gasteiger partial charge in [0.15, 0.2) is 11.5 Å². The summed E-state index contributed by atoms with van der Waals surface area (Å²) in [5.41, 5.74) is 0.757. The Kier molecular flexibility index (Phi) is 5.67. The Bertz CT molecular complexity index is 1010. The van der Waals surface area contributed by atoms with E-state index in [2.05, 4.69) is 5.32 Å². The van der Waals surface area contributed by atoms with Crippen LogP contribution in [0.2, 0.25) is 0 Å². The highest BCUT2D eigenvalue weighted by Gasteiger charge is 2.51. The molecule has 3 amide bonds. The van der Waals surface area contributed by atoms with Crippen LogP contribution >= 0.6 is 0 Å². The number of carbonyl (C=O) groups excluding carboxylic acids is 3. The first kappa shape index (κ1) is 20.9. The summed E-state index contributed by atoms with van der Waals surface area (Å²) in [4.78, 5) is 39.7. The number of hydrogen-bond acceptors (Lipinski definition) is 5. The lowest BCUT2D eigenvalue weighted by molar-refractivity contribution is -0.143. The van der Waals surface area contributed by atoms with Crippen LogP contribution in [0.1, 0.15) is 43.9 Å².